The summed E-state index contributed by atoms with van der Waals surface area (Å²) in [6, 6.07) is 7.11. The minimum absolute atomic E-state index is 0.167. The Labute approximate surface area is 110 Å². The van der Waals surface area contributed by atoms with E-state index in [1.54, 1.807) is 7.05 Å². The smallest absolute Gasteiger partial charge is 0.338 e. The number of cyclic esters (lactones) is 1. The molecule has 0 spiro atoms. The second-order valence-corrected chi connectivity index (χ2v) is 4.79. The molecule has 5 nitrogen and oxygen atoms in total. The van der Waals surface area contributed by atoms with Crippen LogP contribution in [0.4, 0.5) is 4.79 Å². The molecular formula is C14H14N2O3. The molecule has 0 fully saturated rings. The van der Waals surface area contributed by atoms with Crippen molar-refractivity contribution >= 4 is 12.0 Å². The molecule has 1 N–H and O–H groups in total. The molecule has 1 unspecified atom stereocenters. The van der Waals surface area contributed by atoms with Gasteiger partial charge in [0.05, 0.1) is 17.3 Å². The fourth-order valence-corrected chi connectivity index (χ4v) is 2.39. The fourth-order valence-electron chi connectivity index (χ4n) is 2.39. The average Bonchev–Trinajstić information content (AvgIpc) is 2.78. The molecule has 5 heteroatoms. The van der Waals surface area contributed by atoms with Gasteiger partial charge >= 0.3 is 12.0 Å². The van der Waals surface area contributed by atoms with E-state index in [1.165, 1.54) is 4.90 Å². The third-order valence-electron chi connectivity index (χ3n) is 3.55. The van der Waals surface area contributed by atoms with Crippen LogP contribution in [0.25, 0.3) is 0 Å². The number of rotatable bonds is 1. The van der Waals surface area contributed by atoms with Gasteiger partial charge in [-0.25, -0.2) is 9.59 Å². The maximum atomic E-state index is 11.9. The number of hydrogen-bond donors (Lipinski definition) is 1. The van der Waals surface area contributed by atoms with Crippen LogP contribution in [0.2, 0.25) is 0 Å². The quantitative estimate of drug-likeness (QED) is 0.777. The highest BCUT2D eigenvalue weighted by Crippen LogP contribution is 2.34. The number of nitrogens with one attached hydrogen (secondary N) is 1. The third kappa shape index (κ3) is 1.78. The summed E-state index contributed by atoms with van der Waals surface area (Å²) < 4.78 is 5.05. The number of ether oxygens (including phenoxy) is 1. The first-order chi connectivity index (χ1) is 9.08. The number of likely N-dealkylation sites (N-methyl/N-ethyl adjacent to an activating group) is 1. The van der Waals surface area contributed by atoms with E-state index in [0.29, 0.717) is 11.3 Å². The second kappa shape index (κ2) is 4.12. The van der Waals surface area contributed by atoms with Gasteiger partial charge in [-0.3, -0.25) is 4.90 Å². The van der Waals surface area contributed by atoms with Gasteiger partial charge in [-0.05, 0) is 12.5 Å². The molecule has 2 amide bonds. The summed E-state index contributed by atoms with van der Waals surface area (Å²) >= 11 is 0. The Balaban J connectivity index is 2.08. The molecule has 2 heterocycles. The normalized spacial score (nSPS) is 22.2. The zero-order chi connectivity index (χ0) is 13.6. The molecule has 1 atom stereocenters. The Morgan fingerprint density at radius 2 is 1.95 bits per heavy atom. The van der Waals surface area contributed by atoms with E-state index in [2.05, 4.69) is 5.32 Å². The zero-order valence-corrected chi connectivity index (χ0v) is 10.8. The summed E-state index contributed by atoms with van der Waals surface area (Å²) in [7, 11) is 1.64. The number of carbonyl (C=O) groups excluding carboxylic acids is 2. The van der Waals surface area contributed by atoms with Crippen LogP contribution < -0.4 is 5.32 Å². The number of hydrogen-bond acceptors (Lipinski definition) is 3. The highest BCUT2D eigenvalue weighted by Gasteiger charge is 2.40. The standard InChI is InChI=1S/C14H14N2O3/c1-8-3-5-9(6-4-8)12-11-10(7-19-13(11)17)16(2)14(18)15-12/h3-6,12H,7H2,1-2H3,(H,15,18). The molecule has 1 aromatic carbocycles. The molecule has 0 saturated carbocycles. The van der Waals surface area contributed by atoms with E-state index >= 15 is 0 Å². The van der Waals surface area contributed by atoms with Crippen LogP contribution in [0, 0.1) is 6.92 Å². The molecule has 2 aliphatic heterocycles. The van der Waals surface area contributed by atoms with Crippen LogP contribution in [0.15, 0.2) is 35.5 Å². The number of aryl methyl sites for hydroxylation is 1. The summed E-state index contributed by atoms with van der Waals surface area (Å²) in [6.45, 7) is 2.16. The number of nitrogens with zero attached hydrogens (tertiary/aromatic N) is 1. The van der Waals surface area contributed by atoms with Crippen molar-refractivity contribution in [3.05, 3.63) is 46.7 Å². The Hall–Kier alpha value is -2.30. The largest absolute Gasteiger partial charge is 0.456 e. The average molecular weight is 258 g/mol. The molecule has 1 aromatic rings. The van der Waals surface area contributed by atoms with Gasteiger partial charge in [0.2, 0.25) is 0 Å². The second-order valence-electron chi connectivity index (χ2n) is 4.79. The van der Waals surface area contributed by atoms with Crippen molar-refractivity contribution in [2.24, 2.45) is 0 Å². The lowest BCUT2D eigenvalue weighted by Gasteiger charge is -2.30. The molecule has 0 aromatic heterocycles. The minimum Gasteiger partial charge on any atom is -0.456 e. The van der Waals surface area contributed by atoms with Crippen molar-refractivity contribution in [1.82, 2.24) is 10.2 Å². The lowest BCUT2D eigenvalue weighted by Crippen LogP contribution is -2.45. The Bertz CT molecular complexity index is 589. The van der Waals surface area contributed by atoms with E-state index in [-0.39, 0.29) is 18.6 Å². The number of urea groups is 1. The number of carbonyl (C=O) groups is 2. The third-order valence-corrected chi connectivity index (χ3v) is 3.55. The maximum absolute atomic E-state index is 11.9. The molecule has 0 bridgehead atoms. The molecule has 98 valence electrons. The van der Waals surface area contributed by atoms with Gasteiger partial charge in [0.1, 0.15) is 6.61 Å². The van der Waals surface area contributed by atoms with Crippen LogP contribution in [-0.2, 0) is 9.53 Å². The number of benzene rings is 1. The summed E-state index contributed by atoms with van der Waals surface area (Å²) in [4.78, 5) is 25.2. The predicted molar refractivity (Wildman–Crippen MR) is 68.2 cm³/mol. The lowest BCUT2D eigenvalue weighted by molar-refractivity contribution is -0.136. The first-order valence-electron chi connectivity index (χ1n) is 6.09. The molecule has 0 saturated heterocycles. The Morgan fingerprint density at radius 1 is 1.26 bits per heavy atom. The van der Waals surface area contributed by atoms with Gasteiger partial charge in [0.25, 0.3) is 0 Å². The number of esters is 1. The fraction of sp³-hybridized carbons (Fsp3) is 0.286. The van der Waals surface area contributed by atoms with Gasteiger partial charge in [-0.1, -0.05) is 29.8 Å². The van der Waals surface area contributed by atoms with Crippen molar-refractivity contribution < 1.29 is 14.3 Å². The highest BCUT2D eigenvalue weighted by atomic mass is 16.5. The molecule has 3 rings (SSSR count). The van der Waals surface area contributed by atoms with Crippen LogP contribution in [-0.4, -0.2) is 30.6 Å². The van der Waals surface area contributed by atoms with E-state index < -0.39 is 6.04 Å². The summed E-state index contributed by atoms with van der Waals surface area (Å²) in [5.74, 6) is -0.354. The zero-order valence-electron chi connectivity index (χ0n) is 10.8. The molecular weight excluding hydrogens is 244 g/mol. The van der Waals surface area contributed by atoms with Crippen molar-refractivity contribution in [3.8, 4) is 0 Å². The van der Waals surface area contributed by atoms with E-state index in [0.717, 1.165) is 11.1 Å². The van der Waals surface area contributed by atoms with Crippen LogP contribution >= 0.6 is 0 Å². The monoisotopic (exact) mass is 258 g/mol. The van der Waals surface area contributed by atoms with E-state index in [4.69, 9.17) is 4.74 Å². The maximum Gasteiger partial charge on any atom is 0.338 e. The van der Waals surface area contributed by atoms with Gasteiger partial charge in [0, 0.05) is 7.05 Å². The molecule has 2 aliphatic rings. The van der Waals surface area contributed by atoms with Crippen LogP contribution in [0.1, 0.15) is 17.2 Å². The first-order valence-corrected chi connectivity index (χ1v) is 6.09. The van der Waals surface area contributed by atoms with Crippen molar-refractivity contribution in [3.63, 3.8) is 0 Å². The van der Waals surface area contributed by atoms with E-state index in [1.807, 2.05) is 31.2 Å². The van der Waals surface area contributed by atoms with Gasteiger partial charge in [-0.15, -0.1) is 0 Å². The van der Waals surface area contributed by atoms with Crippen molar-refractivity contribution in [2.45, 2.75) is 13.0 Å². The van der Waals surface area contributed by atoms with Crippen molar-refractivity contribution in [1.29, 1.82) is 0 Å². The summed E-state index contributed by atoms with van der Waals surface area (Å²) in [5.41, 5.74) is 3.20. The topological polar surface area (TPSA) is 58.6 Å². The summed E-state index contributed by atoms with van der Waals surface area (Å²) in [6.07, 6.45) is 0. The molecule has 0 aliphatic carbocycles. The van der Waals surface area contributed by atoms with Gasteiger partial charge in [0.15, 0.2) is 0 Å². The first kappa shape index (κ1) is 11.8. The van der Waals surface area contributed by atoms with Gasteiger partial charge < -0.3 is 10.1 Å². The summed E-state index contributed by atoms with van der Waals surface area (Å²) in [5, 5.41) is 2.83. The highest BCUT2D eigenvalue weighted by molar-refractivity contribution is 5.97. The minimum atomic E-state index is -0.422. The SMILES string of the molecule is Cc1ccc(C2NC(=O)N(C)C3=C2C(=O)OC3)cc1. The van der Waals surface area contributed by atoms with Crippen molar-refractivity contribution in [2.75, 3.05) is 13.7 Å². The lowest BCUT2D eigenvalue weighted by atomic mass is 9.95. The molecule has 0 radical (unpaired) electrons. The number of amides is 2. The Morgan fingerprint density at radius 3 is 2.63 bits per heavy atom. The molecule has 19 heavy (non-hydrogen) atoms. The van der Waals surface area contributed by atoms with E-state index in [9.17, 15) is 9.59 Å². The van der Waals surface area contributed by atoms with Gasteiger partial charge in [-0.2, -0.15) is 0 Å². The van der Waals surface area contributed by atoms with Crippen LogP contribution in [0.3, 0.4) is 0 Å². The Kier molecular flexibility index (Phi) is 2.55. The van der Waals surface area contributed by atoms with Crippen LogP contribution in [0.5, 0.6) is 0 Å². The predicted octanol–water partition coefficient (Wildman–Crippen LogP) is 1.50.